The van der Waals surface area contributed by atoms with Crippen LogP contribution >= 0.6 is 11.6 Å². The van der Waals surface area contributed by atoms with Crippen LogP contribution < -0.4 is 0 Å². The average molecular weight is 249 g/mol. The number of aldehydes is 1. The lowest BCUT2D eigenvalue weighted by molar-refractivity contribution is 0.112. The van der Waals surface area contributed by atoms with Crippen LogP contribution in [0.25, 0.3) is 11.1 Å². The summed E-state index contributed by atoms with van der Waals surface area (Å²) in [5.74, 6) is 0. The zero-order valence-electron chi connectivity index (χ0n) is 9.99. The molecule has 0 radical (unpaired) electrons. The van der Waals surface area contributed by atoms with Crippen molar-refractivity contribution in [1.82, 2.24) is 9.78 Å². The monoisotopic (exact) mass is 248 g/mol. The van der Waals surface area contributed by atoms with Crippen LogP contribution in [-0.4, -0.2) is 16.1 Å². The third kappa shape index (κ3) is 1.98. The maximum absolute atomic E-state index is 11.1. The van der Waals surface area contributed by atoms with Crippen LogP contribution in [-0.2, 0) is 7.05 Å². The summed E-state index contributed by atoms with van der Waals surface area (Å²) in [6.45, 7) is 3.91. The van der Waals surface area contributed by atoms with Crippen molar-refractivity contribution in [3.05, 3.63) is 40.2 Å². The van der Waals surface area contributed by atoms with Gasteiger partial charge in [0, 0.05) is 28.9 Å². The van der Waals surface area contributed by atoms with Gasteiger partial charge in [-0.25, -0.2) is 0 Å². The molecule has 0 N–H and O–H groups in total. The van der Waals surface area contributed by atoms with Crippen LogP contribution in [0.2, 0.25) is 5.02 Å². The van der Waals surface area contributed by atoms with E-state index in [2.05, 4.69) is 5.10 Å². The third-order valence-electron chi connectivity index (χ3n) is 2.92. The van der Waals surface area contributed by atoms with Crippen LogP contribution in [0.15, 0.2) is 18.2 Å². The molecule has 88 valence electrons. The molecular weight excluding hydrogens is 236 g/mol. The molecule has 17 heavy (non-hydrogen) atoms. The Morgan fingerprint density at radius 1 is 1.35 bits per heavy atom. The van der Waals surface area contributed by atoms with Crippen LogP contribution in [0.5, 0.6) is 0 Å². The Morgan fingerprint density at radius 3 is 2.59 bits per heavy atom. The Kier molecular flexibility index (Phi) is 3.03. The number of benzene rings is 1. The Morgan fingerprint density at radius 2 is 2.06 bits per heavy atom. The predicted molar refractivity (Wildman–Crippen MR) is 68.5 cm³/mol. The van der Waals surface area contributed by atoms with Crippen molar-refractivity contribution in [1.29, 1.82) is 0 Å². The Balaban J connectivity index is 2.75. The number of aryl methyl sites for hydroxylation is 2. The zero-order chi connectivity index (χ0) is 12.6. The largest absolute Gasteiger partial charge is 0.298 e. The van der Waals surface area contributed by atoms with Crippen molar-refractivity contribution in [2.24, 2.45) is 7.05 Å². The van der Waals surface area contributed by atoms with E-state index in [0.29, 0.717) is 10.6 Å². The minimum absolute atomic E-state index is 0.619. The van der Waals surface area contributed by atoms with Crippen molar-refractivity contribution in [2.75, 3.05) is 0 Å². The lowest BCUT2D eigenvalue weighted by Gasteiger charge is -2.06. The molecule has 1 heterocycles. The number of hydrogen-bond donors (Lipinski definition) is 0. The number of carbonyl (C=O) groups excluding carboxylic acids is 1. The summed E-state index contributed by atoms with van der Waals surface area (Å²) < 4.78 is 1.81. The molecular formula is C13H13ClN2O. The van der Waals surface area contributed by atoms with E-state index in [-0.39, 0.29) is 0 Å². The van der Waals surface area contributed by atoms with Crippen LogP contribution in [0.3, 0.4) is 0 Å². The van der Waals surface area contributed by atoms with E-state index < -0.39 is 0 Å². The fourth-order valence-corrected chi connectivity index (χ4v) is 2.18. The van der Waals surface area contributed by atoms with E-state index >= 15 is 0 Å². The van der Waals surface area contributed by atoms with Gasteiger partial charge in [0.15, 0.2) is 6.29 Å². The number of aromatic nitrogens is 2. The van der Waals surface area contributed by atoms with Gasteiger partial charge in [-0.1, -0.05) is 11.6 Å². The van der Waals surface area contributed by atoms with E-state index in [0.717, 1.165) is 28.8 Å². The highest BCUT2D eigenvalue weighted by Gasteiger charge is 2.15. The second-order valence-corrected chi connectivity index (χ2v) is 4.46. The van der Waals surface area contributed by atoms with Gasteiger partial charge in [0.25, 0.3) is 0 Å². The first-order valence-corrected chi connectivity index (χ1v) is 5.67. The van der Waals surface area contributed by atoms with Crippen LogP contribution in [0.4, 0.5) is 0 Å². The number of halogens is 1. The highest BCUT2D eigenvalue weighted by molar-refractivity contribution is 6.31. The van der Waals surface area contributed by atoms with Crippen LogP contribution in [0, 0.1) is 13.8 Å². The summed E-state index contributed by atoms with van der Waals surface area (Å²) in [6, 6.07) is 5.26. The van der Waals surface area contributed by atoms with Gasteiger partial charge < -0.3 is 0 Å². The van der Waals surface area contributed by atoms with Crippen molar-refractivity contribution < 1.29 is 4.79 Å². The fraction of sp³-hybridized carbons (Fsp3) is 0.231. The molecule has 2 aromatic rings. The standard InChI is InChI=1S/C13H13ClN2O/c1-8-13(9(2)16(3)15-8)12-6-11(14)5-4-10(12)7-17/h4-7H,1-3H3. The molecule has 4 heteroatoms. The Bertz CT molecular complexity index is 587. The number of hydrogen-bond acceptors (Lipinski definition) is 2. The van der Waals surface area contributed by atoms with Crippen molar-refractivity contribution in [3.63, 3.8) is 0 Å². The lowest BCUT2D eigenvalue weighted by Crippen LogP contribution is -1.93. The van der Waals surface area contributed by atoms with E-state index in [1.807, 2.05) is 27.0 Å². The molecule has 1 aromatic heterocycles. The quantitative estimate of drug-likeness (QED) is 0.765. The topological polar surface area (TPSA) is 34.9 Å². The van der Waals surface area contributed by atoms with Crippen molar-refractivity contribution in [3.8, 4) is 11.1 Å². The number of nitrogens with zero attached hydrogens (tertiary/aromatic N) is 2. The smallest absolute Gasteiger partial charge is 0.150 e. The Hall–Kier alpha value is -1.61. The van der Waals surface area contributed by atoms with Gasteiger partial charge in [-0.3, -0.25) is 9.48 Å². The second kappa shape index (κ2) is 4.34. The van der Waals surface area contributed by atoms with Gasteiger partial charge in [0.1, 0.15) is 0 Å². The molecule has 0 fully saturated rings. The first-order chi connectivity index (χ1) is 8.04. The lowest BCUT2D eigenvalue weighted by atomic mass is 9.99. The number of rotatable bonds is 2. The third-order valence-corrected chi connectivity index (χ3v) is 3.16. The predicted octanol–water partition coefficient (Wildman–Crippen LogP) is 3.17. The molecule has 0 aliphatic heterocycles. The molecule has 0 unspecified atom stereocenters. The minimum atomic E-state index is 0.619. The summed E-state index contributed by atoms with van der Waals surface area (Å²) >= 11 is 5.99. The van der Waals surface area contributed by atoms with Gasteiger partial charge >= 0.3 is 0 Å². The SMILES string of the molecule is Cc1nn(C)c(C)c1-c1cc(Cl)ccc1C=O. The highest BCUT2D eigenvalue weighted by Crippen LogP contribution is 2.31. The van der Waals surface area contributed by atoms with Crippen LogP contribution in [0.1, 0.15) is 21.7 Å². The first kappa shape index (κ1) is 11.9. The summed E-state index contributed by atoms with van der Waals surface area (Å²) in [5.41, 5.74) is 4.38. The molecule has 1 aromatic carbocycles. The highest BCUT2D eigenvalue weighted by atomic mass is 35.5. The average Bonchev–Trinajstić information content (AvgIpc) is 2.53. The van der Waals surface area contributed by atoms with Gasteiger partial charge in [0.05, 0.1) is 5.69 Å². The van der Waals surface area contributed by atoms with Gasteiger partial charge in [-0.05, 0) is 37.6 Å². The molecule has 0 aliphatic rings. The fourth-order valence-electron chi connectivity index (χ4n) is 2.01. The molecule has 0 bridgehead atoms. The molecule has 0 aliphatic carbocycles. The number of carbonyl (C=O) groups is 1. The van der Waals surface area contributed by atoms with Gasteiger partial charge in [-0.2, -0.15) is 5.10 Å². The molecule has 0 saturated carbocycles. The maximum Gasteiger partial charge on any atom is 0.150 e. The van der Waals surface area contributed by atoms with Crippen molar-refractivity contribution >= 4 is 17.9 Å². The van der Waals surface area contributed by atoms with Gasteiger partial charge in [-0.15, -0.1) is 0 Å². The summed E-state index contributed by atoms with van der Waals surface area (Å²) in [6.07, 6.45) is 0.845. The van der Waals surface area contributed by atoms with E-state index in [1.165, 1.54) is 0 Å². The normalized spacial score (nSPS) is 10.6. The molecule has 3 nitrogen and oxygen atoms in total. The minimum Gasteiger partial charge on any atom is -0.298 e. The van der Waals surface area contributed by atoms with E-state index in [1.54, 1.807) is 16.8 Å². The molecule has 0 saturated heterocycles. The first-order valence-electron chi connectivity index (χ1n) is 5.30. The molecule has 0 spiro atoms. The summed E-state index contributed by atoms with van der Waals surface area (Å²) in [5, 5.41) is 4.97. The van der Waals surface area contributed by atoms with E-state index in [4.69, 9.17) is 11.6 Å². The summed E-state index contributed by atoms with van der Waals surface area (Å²) in [4.78, 5) is 11.1. The van der Waals surface area contributed by atoms with Crippen molar-refractivity contribution in [2.45, 2.75) is 13.8 Å². The summed E-state index contributed by atoms with van der Waals surface area (Å²) in [7, 11) is 1.89. The van der Waals surface area contributed by atoms with Gasteiger partial charge in [0.2, 0.25) is 0 Å². The Labute approximate surface area is 105 Å². The zero-order valence-corrected chi connectivity index (χ0v) is 10.7. The second-order valence-electron chi connectivity index (χ2n) is 4.02. The van der Waals surface area contributed by atoms with E-state index in [9.17, 15) is 4.79 Å². The molecule has 0 atom stereocenters. The maximum atomic E-state index is 11.1. The molecule has 2 rings (SSSR count). The molecule has 0 amide bonds.